The van der Waals surface area contributed by atoms with Crippen molar-refractivity contribution in [3.05, 3.63) is 39.2 Å². The number of anilines is 2. The predicted octanol–water partition coefficient (Wildman–Crippen LogP) is 2.89. The largest absolute Gasteiger partial charge is 0.396 e. The van der Waals surface area contributed by atoms with Gasteiger partial charge in [0.15, 0.2) is 5.82 Å². The molecule has 2 aromatic rings. The van der Waals surface area contributed by atoms with E-state index in [0.29, 0.717) is 23.6 Å². The Kier molecular flexibility index (Phi) is 3.70. The third-order valence-electron chi connectivity index (χ3n) is 2.41. The van der Waals surface area contributed by atoms with E-state index in [1.807, 2.05) is 30.1 Å². The Labute approximate surface area is 114 Å². The summed E-state index contributed by atoms with van der Waals surface area (Å²) in [6.07, 6.45) is 1.52. The van der Waals surface area contributed by atoms with E-state index in [9.17, 15) is 0 Å². The highest BCUT2D eigenvalue weighted by Gasteiger charge is 2.09. The van der Waals surface area contributed by atoms with Gasteiger partial charge in [0.1, 0.15) is 6.07 Å². The molecule has 0 unspecified atom stereocenters. The van der Waals surface area contributed by atoms with Crippen LogP contribution in [0.1, 0.15) is 10.4 Å². The summed E-state index contributed by atoms with van der Waals surface area (Å²) in [6.45, 7) is 0.681. The number of halogens is 1. The summed E-state index contributed by atoms with van der Waals surface area (Å²) < 4.78 is 0.763. The second kappa shape index (κ2) is 5.25. The summed E-state index contributed by atoms with van der Waals surface area (Å²) in [5.41, 5.74) is 6.84. The molecule has 0 aliphatic heterocycles. The van der Waals surface area contributed by atoms with E-state index < -0.39 is 0 Å². The average Bonchev–Trinajstić information content (AvgIpc) is 2.74. The highest BCUT2D eigenvalue weighted by Crippen LogP contribution is 2.26. The number of nitriles is 1. The van der Waals surface area contributed by atoms with Crippen molar-refractivity contribution in [3.63, 3.8) is 0 Å². The fourth-order valence-corrected chi connectivity index (χ4v) is 2.74. The molecule has 2 rings (SSSR count). The molecule has 18 heavy (non-hydrogen) atoms. The molecule has 2 aromatic heterocycles. The lowest BCUT2D eigenvalue weighted by atomic mass is 10.2. The van der Waals surface area contributed by atoms with Crippen LogP contribution in [0.4, 0.5) is 11.5 Å². The van der Waals surface area contributed by atoms with Crippen LogP contribution in [-0.4, -0.2) is 12.0 Å². The highest BCUT2D eigenvalue weighted by atomic mass is 35.5. The minimum Gasteiger partial charge on any atom is -0.396 e. The Bertz CT molecular complexity index is 602. The Morgan fingerprint density at radius 2 is 2.33 bits per heavy atom. The van der Waals surface area contributed by atoms with Gasteiger partial charge in [0.25, 0.3) is 0 Å². The van der Waals surface area contributed by atoms with Gasteiger partial charge in [0.2, 0.25) is 0 Å². The van der Waals surface area contributed by atoms with Crippen LogP contribution in [0.15, 0.2) is 24.4 Å². The minimum atomic E-state index is 0.462. The summed E-state index contributed by atoms with van der Waals surface area (Å²) in [6, 6.07) is 7.48. The molecular weight excluding hydrogens is 268 g/mol. The summed E-state index contributed by atoms with van der Waals surface area (Å²) in [5, 5.41) is 8.76. The summed E-state index contributed by atoms with van der Waals surface area (Å²) >= 11 is 7.41. The van der Waals surface area contributed by atoms with E-state index in [2.05, 4.69) is 4.98 Å². The van der Waals surface area contributed by atoms with Gasteiger partial charge in [0, 0.05) is 18.1 Å². The van der Waals surface area contributed by atoms with E-state index in [1.165, 1.54) is 17.5 Å². The van der Waals surface area contributed by atoms with E-state index in [-0.39, 0.29) is 0 Å². The molecule has 2 N–H and O–H groups in total. The number of thiophene rings is 1. The van der Waals surface area contributed by atoms with Gasteiger partial charge in [-0.3, -0.25) is 0 Å². The highest BCUT2D eigenvalue weighted by molar-refractivity contribution is 7.16. The van der Waals surface area contributed by atoms with Gasteiger partial charge in [-0.1, -0.05) is 11.6 Å². The molecule has 0 amide bonds. The zero-order chi connectivity index (χ0) is 13.1. The molecule has 0 aliphatic carbocycles. The van der Waals surface area contributed by atoms with Crippen molar-refractivity contribution in [2.75, 3.05) is 17.7 Å². The molecule has 0 aromatic carbocycles. The van der Waals surface area contributed by atoms with Crippen LogP contribution in [-0.2, 0) is 6.54 Å². The van der Waals surface area contributed by atoms with Crippen molar-refractivity contribution in [2.45, 2.75) is 6.54 Å². The second-order valence-corrected chi connectivity index (χ2v) is 5.61. The van der Waals surface area contributed by atoms with Crippen LogP contribution in [0.5, 0.6) is 0 Å². The molecule has 0 saturated heterocycles. The summed E-state index contributed by atoms with van der Waals surface area (Å²) in [4.78, 5) is 7.26. The molecule has 6 heteroatoms. The van der Waals surface area contributed by atoms with Gasteiger partial charge in [-0.15, -0.1) is 11.3 Å². The average molecular weight is 279 g/mol. The van der Waals surface area contributed by atoms with Crippen LogP contribution in [0, 0.1) is 11.3 Å². The number of hydrogen-bond donors (Lipinski definition) is 1. The number of nitrogens with zero attached hydrogens (tertiary/aromatic N) is 3. The van der Waals surface area contributed by atoms with E-state index in [0.717, 1.165) is 9.21 Å². The maximum atomic E-state index is 8.76. The second-order valence-electron chi connectivity index (χ2n) is 3.81. The lowest BCUT2D eigenvalue weighted by molar-refractivity contribution is 0.914. The molecule has 0 fully saturated rings. The van der Waals surface area contributed by atoms with Gasteiger partial charge in [-0.05, 0) is 18.2 Å². The molecule has 0 radical (unpaired) electrons. The third kappa shape index (κ3) is 2.73. The van der Waals surface area contributed by atoms with Crippen LogP contribution < -0.4 is 10.6 Å². The van der Waals surface area contributed by atoms with Crippen molar-refractivity contribution < 1.29 is 0 Å². The van der Waals surface area contributed by atoms with Gasteiger partial charge < -0.3 is 10.6 Å². The maximum Gasteiger partial charge on any atom is 0.151 e. The molecular formula is C12H11ClN4S. The minimum absolute atomic E-state index is 0.462. The Balaban J connectivity index is 2.19. The molecule has 0 atom stereocenters. The lowest BCUT2D eigenvalue weighted by Gasteiger charge is -2.18. The van der Waals surface area contributed by atoms with Gasteiger partial charge in [0.05, 0.1) is 22.1 Å². The number of pyridine rings is 1. The SMILES string of the molecule is CN(Cc1ccc(Cl)s1)c1ncc(C#N)cc1N. The number of nitrogen functional groups attached to an aromatic ring is 1. The van der Waals surface area contributed by atoms with Crippen molar-refractivity contribution in [1.82, 2.24) is 4.98 Å². The fraction of sp³-hybridized carbons (Fsp3) is 0.167. The monoisotopic (exact) mass is 278 g/mol. The molecule has 0 spiro atoms. The van der Waals surface area contributed by atoms with Crippen LogP contribution in [0.2, 0.25) is 4.34 Å². The molecule has 0 aliphatic rings. The van der Waals surface area contributed by atoms with E-state index in [4.69, 9.17) is 22.6 Å². The molecule has 92 valence electrons. The fourth-order valence-electron chi connectivity index (χ4n) is 1.60. The quantitative estimate of drug-likeness (QED) is 0.937. The lowest BCUT2D eigenvalue weighted by Crippen LogP contribution is -2.18. The summed E-state index contributed by atoms with van der Waals surface area (Å²) in [7, 11) is 1.90. The molecule has 0 saturated carbocycles. The van der Waals surface area contributed by atoms with Crippen molar-refractivity contribution in [3.8, 4) is 6.07 Å². The van der Waals surface area contributed by atoms with Crippen molar-refractivity contribution in [2.24, 2.45) is 0 Å². The zero-order valence-corrected chi connectivity index (χ0v) is 11.3. The van der Waals surface area contributed by atoms with Crippen molar-refractivity contribution in [1.29, 1.82) is 5.26 Å². The first-order valence-corrected chi connectivity index (χ1v) is 6.40. The molecule has 4 nitrogen and oxygen atoms in total. The summed E-state index contributed by atoms with van der Waals surface area (Å²) in [5.74, 6) is 0.665. The van der Waals surface area contributed by atoms with Crippen molar-refractivity contribution >= 4 is 34.4 Å². The van der Waals surface area contributed by atoms with E-state index in [1.54, 1.807) is 6.07 Å². The smallest absolute Gasteiger partial charge is 0.151 e. The maximum absolute atomic E-state index is 8.76. The third-order valence-corrected chi connectivity index (χ3v) is 3.62. The standard InChI is InChI=1S/C12H11ClN4S/c1-17(7-9-2-3-11(13)18-9)12-10(15)4-8(5-14)6-16-12/h2-4,6H,7,15H2,1H3. The van der Waals surface area contributed by atoms with Crippen LogP contribution >= 0.6 is 22.9 Å². The Morgan fingerprint density at radius 1 is 1.56 bits per heavy atom. The van der Waals surface area contributed by atoms with Crippen LogP contribution in [0.3, 0.4) is 0 Å². The zero-order valence-electron chi connectivity index (χ0n) is 9.72. The normalized spacial score (nSPS) is 10.1. The predicted molar refractivity (Wildman–Crippen MR) is 74.8 cm³/mol. The number of rotatable bonds is 3. The Morgan fingerprint density at radius 3 is 2.89 bits per heavy atom. The van der Waals surface area contributed by atoms with Gasteiger partial charge in [-0.25, -0.2) is 4.98 Å². The van der Waals surface area contributed by atoms with Gasteiger partial charge >= 0.3 is 0 Å². The number of nitrogens with two attached hydrogens (primary N) is 1. The topological polar surface area (TPSA) is 65.9 Å². The first-order valence-electron chi connectivity index (χ1n) is 5.21. The first kappa shape index (κ1) is 12.7. The first-order chi connectivity index (χ1) is 8.60. The molecule has 0 bridgehead atoms. The number of hydrogen-bond acceptors (Lipinski definition) is 5. The Hall–Kier alpha value is -1.77. The molecule has 2 heterocycles. The number of aromatic nitrogens is 1. The van der Waals surface area contributed by atoms with Crippen LogP contribution in [0.25, 0.3) is 0 Å². The van der Waals surface area contributed by atoms with E-state index >= 15 is 0 Å². The van der Waals surface area contributed by atoms with Gasteiger partial charge in [-0.2, -0.15) is 5.26 Å².